The van der Waals surface area contributed by atoms with Crippen LogP contribution < -0.4 is 9.46 Å². The molecule has 3 atom stereocenters. The summed E-state index contributed by atoms with van der Waals surface area (Å²) in [6, 6.07) is 12.8. The maximum absolute atomic E-state index is 16.0. The van der Waals surface area contributed by atoms with Crippen LogP contribution in [0.2, 0.25) is 0 Å². The molecule has 1 saturated carbocycles. The van der Waals surface area contributed by atoms with E-state index in [9.17, 15) is 23.4 Å². The maximum Gasteiger partial charge on any atom is 0.387 e. The van der Waals surface area contributed by atoms with Crippen LogP contribution >= 0.6 is 0 Å². The number of nitriles is 1. The molecule has 244 valence electrons. The van der Waals surface area contributed by atoms with Crippen molar-refractivity contribution in [1.29, 1.82) is 5.26 Å². The predicted octanol–water partition coefficient (Wildman–Crippen LogP) is 6.53. The monoisotopic (exact) mass is 662 g/mol. The lowest BCUT2D eigenvalue weighted by atomic mass is 9.58. The normalized spacial score (nSPS) is 25.6. The van der Waals surface area contributed by atoms with E-state index in [2.05, 4.69) is 15.8 Å². The number of carbonyl (C=O) groups excluding carboxylic acids is 1. The topological polar surface area (TPSA) is 119 Å². The summed E-state index contributed by atoms with van der Waals surface area (Å²) < 4.78 is 65.4. The Kier molecular flexibility index (Phi) is 7.17. The van der Waals surface area contributed by atoms with Crippen LogP contribution in [0.1, 0.15) is 86.5 Å². The fraction of sp³-hybridized carbons (Fsp3) is 0.412. The van der Waals surface area contributed by atoms with E-state index >= 15 is 4.39 Å². The van der Waals surface area contributed by atoms with Crippen LogP contribution in [0.25, 0.3) is 22.2 Å². The number of hydrogen-bond donors (Lipinski definition) is 1. The smallest absolute Gasteiger partial charge is 0.387 e. The molecule has 1 amide bonds. The Morgan fingerprint density at radius 3 is 2.57 bits per heavy atom. The highest BCUT2D eigenvalue weighted by molar-refractivity contribution is 7.90. The zero-order chi connectivity index (χ0) is 33.6. The summed E-state index contributed by atoms with van der Waals surface area (Å²) in [7, 11) is 1.68. The van der Waals surface area contributed by atoms with Crippen LogP contribution in [-0.4, -0.2) is 48.3 Å². The summed E-state index contributed by atoms with van der Waals surface area (Å²) in [5, 5.41) is 9.69. The second-order valence-electron chi connectivity index (χ2n) is 14.0. The third kappa shape index (κ3) is 4.96. The molecule has 7 rings (SSSR count). The van der Waals surface area contributed by atoms with E-state index in [-0.39, 0.29) is 30.2 Å². The number of ether oxygens (including phenoxy) is 1. The minimum absolute atomic E-state index is 0.0592. The van der Waals surface area contributed by atoms with E-state index in [1.165, 1.54) is 18.2 Å². The summed E-state index contributed by atoms with van der Waals surface area (Å²) in [5.41, 5.74) is 1.48. The Morgan fingerprint density at radius 1 is 1.17 bits per heavy atom. The lowest BCUT2D eigenvalue weighted by Crippen LogP contribution is -2.61. The fourth-order valence-electron chi connectivity index (χ4n) is 7.38. The zero-order valence-electron chi connectivity index (χ0n) is 26.5. The van der Waals surface area contributed by atoms with Gasteiger partial charge in [0.2, 0.25) is 0 Å². The zero-order valence-corrected chi connectivity index (χ0v) is 27.3. The van der Waals surface area contributed by atoms with Crippen LogP contribution in [0.4, 0.5) is 13.2 Å². The van der Waals surface area contributed by atoms with E-state index in [4.69, 9.17) is 9.72 Å². The van der Waals surface area contributed by atoms with Crippen LogP contribution in [0.5, 0.6) is 5.75 Å². The second kappa shape index (κ2) is 10.7. The van der Waals surface area contributed by atoms with Gasteiger partial charge in [0, 0.05) is 47.7 Å². The third-order valence-corrected chi connectivity index (χ3v) is 11.2. The highest BCUT2D eigenvalue weighted by Crippen LogP contribution is 2.55. The van der Waals surface area contributed by atoms with E-state index < -0.39 is 51.6 Å². The Morgan fingerprint density at radius 2 is 1.91 bits per heavy atom. The van der Waals surface area contributed by atoms with Crippen molar-refractivity contribution < 1.29 is 27.3 Å². The van der Waals surface area contributed by atoms with Gasteiger partial charge in [0.05, 0.1) is 34.6 Å². The Labute approximate surface area is 273 Å². The number of alkyl halides is 2. The Hall–Kier alpha value is -4.12. The molecule has 3 aliphatic rings. The number of nitrogens with one attached hydrogen (secondary N) is 1. The number of rotatable bonds is 6. The summed E-state index contributed by atoms with van der Waals surface area (Å²) >= 11 is -1.53. The standard InChI is InChI=1S/C34H33F3N6O3S/c1-32(2,3)47(45)41-34(15-33(4,16-34)17-38)28-21(35)11-19(14-39-28)18-9-10-22-23(12-18)43-24-13-25(29(43)40-22)42(5)30(44)20-7-6-8-26(27(20)24)46-31(36)37/h6-12,14,24-25,31,41H,13,15-16H2,1-5H3/t24?,25-,33?,34?,47?/m0/s1. The van der Waals surface area contributed by atoms with Gasteiger partial charge in [-0.3, -0.25) is 9.78 Å². The number of imidazole rings is 1. The fourth-order valence-corrected chi connectivity index (χ4v) is 8.29. The van der Waals surface area contributed by atoms with Gasteiger partial charge in [0.1, 0.15) is 33.4 Å². The highest BCUT2D eigenvalue weighted by atomic mass is 32.2. The average molecular weight is 663 g/mol. The molecular weight excluding hydrogens is 629 g/mol. The first-order valence-electron chi connectivity index (χ1n) is 15.3. The molecule has 0 spiro atoms. The van der Waals surface area contributed by atoms with Gasteiger partial charge in [-0.05, 0) is 76.4 Å². The van der Waals surface area contributed by atoms with Gasteiger partial charge >= 0.3 is 6.61 Å². The molecule has 2 aromatic carbocycles. The molecule has 47 heavy (non-hydrogen) atoms. The molecule has 0 radical (unpaired) electrons. The lowest BCUT2D eigenvalue weighted by Gasteiger charge is -2.50. The minimum atomic E-state index is -3.07. The molecule has 1 fully saturated rings. The molecule has 2 aliphatic heterocycles. The van der Waals surface area contributed by atoms with Gasteiger partial charge in [-0.15, -0.1) is 4.72 Å². The Balaban J connectivity index is 1.30. The highest BCUT2D eigenvalue weighted by Gasteiger charge is 2.59. The van der Waals surface area contributed by atoms with Crippen molar-refractivity contribution in [2.45, 2.75) is 75.9 Å². The molecule has 1 aliphatic carbocycles. The van der Waals surface area contributed by atoms with Gasteiger partial charge < -0.3 is 18.8 Å². The van der Waals surface area contributed by atoms with Gasteiger partial charge in [0.15, 0.2) is 0 Å². The molecule has 4 aromatic rings. The largest absolute Gasteiger partial charge is 0.598 e. The van der Waals surface area contributed by atoms with Gasteiger partial charge in [-0.25, -0.2) is 9.37 Å². The maximum atomic E-state index is 16.0. The van der Waals surface area contributed by atoms with Crippen molar-refractivity contribution in [3.8, 4) is 22.9 Å². The molecule has 2 unspecified atom stereocenters. The van der Waals surface area contributed by atoms with Crippen molar-refractivity contribution in [1.82, 2.24) is 24.2 Å². The van der Waals surface area contributed by atoms with Crippen molar-refractivity contribution in [2.24, 2.45) is 5.41 Å². The summed E-state index contributed by atoms with van der Waals surface area (Å²) in [5.74, 6) is -0.320. The van der Waals surface area contributed by atoms with Crippen LogP contribution in [0.15, 0.2) is 48.7 Å². The summed E-state index contributed by atoms with van der Waals surface area (Å²) in [6.07, 6.45) is 2.51. The number of pyridine rings is 1. The van der Waals surface area contributed by atoms with Crippen molar-refractivity contribution in [2.75, 3.05) is 7.05 Å². The molecule has 2 bridgehead atoms. The number of fused-ring (bicyclic) bond motifs is 9. The van der Waals surface area contributed by atoms with Crippen molar-refractivity contribution in [3.05, 3.63) is 77.1 Å². The van der Waals surface area contributed by atoms with Gasteiger partial charge in [0.25, 0.3) is 5.91 Å². The molecule has 9 nitrogen and oxygen atoms in total. The van der Waals surface area contributed by atoms with E-state index in [0.29, 0.717) is 45.5 Å². The predicted molar refractivity (Wildman–Crippen MR) is 169 cm³/mol. The lowest BCUT2D eigenvalue weighted by molar-refractivity contribution is -0.0507. The van der Waals surface area contributed by atoms with Crippen LogP contribution in [0, 0.1) is 22.6 Å². The van der Waals surface area contributed by atoms with E-state index in [1.54, 1.807) is 43.3 Å². The van der Waals surface area contributed by atoms with Crippen LogP contribution in [0.3, 0.4) is 0 Å². The molecule has 0 saturated heterocycles. The Bertz CT molecular complexity index is 1980. The number of aromatic nitrogens is 3. The summed E-state index contributed by atoms with van der Waals surface area (Å²) in [6.45, 7) is 4.18. The number of carbonyl (C=O) groups is 1. The SMILES string of the molecule is CN1C(=O)c2cccc(OC(F)F)c2C2C[C@H]1c1nc3ccc(-c4cnc(C5(N[S+]([O-])C(C)(C)C)CC(C)(C#N)C5)c(F)c4)cc3n12. The quantitative estimate of drug-likeness (QED) is 0.233. The van der Waals surface area contributed by atoms with Gasteiger partial charge in [-0.2, -0.15) is 14.0 Å². The van der Waals surface area contributed by atoms with Crippen LogP contribution in [-0.2, 0) is 16.9 Å². The molecule has 4 heterocycles. The number of amides is 1. The van der Waals surface area contributed by atoms with Gasteiger partial charge in [-0.1, -0.05) is 12.1 Å². The van der Waals surface area contributed by atoms with E-state index in [1.807, 2.05) is 31.4 Å². The first-order chi connectivity index (χ1) is 22.1. The average Bonchev–Trinajstić information content (AvgIpc) is 3.52. The first kappa shape index (κ1) is 31.5. The number of halogens is 3. The molecule has 1 N–H and O–H groups in total. The number of benzene rings is 2. The first-order valence-corrected chi connectivity index (χ1v) is 16.4. The molecule has 13 heteroatoms. The molecular formula is C34H33F3N6O3S. The van der Waals surface area contributed by atoms with Crippen molar-refractivity contribution in [3.63, 3.8) is 0 Å². The minimum Gasteiger partial charge on any atom is -0.598 e. The number of nitrogens with zero attached hydrogens (tertiary/aromatic N) is 5. The third-order valence-electron chi connectivity index (χ3n) is 9.53. The number of hydrogen-bond acceptors (Lipinski definition) is 7. The second-order valence-corrected chi connectivity index (χ2v) is 15.9. The van der Waals surface area contributed by atoms with E-state index in [0.717, 1.165) is 0 Å². The molecule has 2 aromatic heterocycles. The van der Waals surface area contributed by atoms with Crippen molar-refractivity contribution >= 4 is 28.3 Å². The summed E-state index contributed by atoms with van der Waals surface area (Å²) in [4.78, 5) is 24.4.